The number of rotatable bonds is 6. The van der Waals surface area contributed by atoms with Gasteiger partial charge in [0.05, 0.1) is 11.9 Å². The van der Waals surface area contributed by atoms with Crippen LogP contribution in [-0.2, 0) is 4.79 Å². The molecule has 2 aromatic rings. The lowest BCUT2D eigenvalue weighted by atomic mass is 9.90. The zero-order chi connectivity index (χ0) is 25.9. The highest BCUT2D eigenvalue weighted by molar-refractivity contribution is 5.76. The van der Waals surface area contributed by atoms with Crippen LogP contribution in [0, 0.1) is 0 Å². The molecule has 1 aromatic heterocycles. The van der Waals surface area contributed by atoms with E-state index >= 15 is 0 Å². The molecule has 10 heteroatoms. The van der Waals surface area contributed by atoms with E-state index < -0.39 is 0 Å². The van der Waals surface area contributed by atoms with Gasteiger partial charge in [0.15, 0.2) is 17.3 Å². The van der Waals surface area contributed by atoms with Crippen molar-refractivity contribution >= 4 is 17.4 Å². The fourth-order valence-electron chi connectivity index (χ4n) is 6.26. The summed E-state index contributed by atoms with van der Waals surface area (Å²) in [5, 5.41) is 13.3. The summed E-state index contributed by atoms with van der Waals surface area (Å²) in [7, 11) is 0. The Labute approximate surface area is 223 Å². The van der Waals surface area contributed by atoms with E-state index in [2.05, 4.69) is 43.3 Å². The third kappa shape index (κ3) is 5.72. The highest BCUT2D eigenvalue weighted by Gasteiger charge is 2.27. The molecule has 0 spiro atoms. The number of aromatic nitrogens is 2. The van der Waals surface area contributed by atoms with E-state index in [4.69, 9.17) is 4.74 Å². The summed E-state index contributed by atoms with van der Waals surface area (Å²) in [6, 6.07) is 6.54. The smallest absolute Gasteiger partial charge is 0.350 e. The average molecular weight is 522 g/mol. The van der Waals surface area contributed by atoms with Crippen molar-refractivity contribution in [1.29, 1.82) is 0 Å². The summed E-state index contributed by atoms with van der Waals surface area (Å²) < 4.78 is 7.91. The second kappa shape index (κ2) is 11.4. The number of ether oxygens (including phenoxy) is 1. The lowest BCUT2D eigenvalue weighted by Crippen LogP contribution is -2.45. The Hall–Kier alpha value is -2.95. The van der Waals surface area contributed by atoms with Gasteiger partial charge in [-0.3, -0.25) is 9.36 Å². The largest absolute Gasteiger partial charge is 0.450 e. The van der Waals surface area contributed by atoms with E-state index in [0.717, 1.165) is 95.8 Å². The van der Waals surface area contributed by atoms with Gasteiger partial charge < -0.3 is 30.9 Å². The number of hydrogen-bond donors (Lipinski definition) is 4. The zero-order valence-electron chi connectivity index (χ0n) is 22.0. The van der Waals surface area contributed by atoms with Crippen molar-refractivity contribution in [3.63, 3.8) is 0 Å². The predicted octanol–water partition coefficient (Wildman–Crippen LogP) is 2.45. The lowest BCUT2D eigenvalue weighted by molar-refractivity contribution is -0.122. The predicted molar refractivity (Wildman–Crippen MR) is 147 cm³/mol. The molecule has 3 aliphatic heterocycles. The quantitative estimate of drug-likeness (QED) is 0.391. The molecule has 10 nitrogen and oxygen atoms in total. The number of amides is 1. The van der Waals surface area contributed by atoms with Crippen molar-refractivity contribution in [2.75, 3.05) is 51.1 Å². The van der Waals surface area contributed by atoms with Gasteiger partial charge in [0.25, 0.3) is 0 Å². The van der Waals surface area contributed by atoms with Crippen molar-refractivity contribution in [2.45, 2.75) is 62.9 Å². The minimum atomic E-state index is -0.263. The maximum Gasteiger partial charge on any atom is 0.350 e. The SMILES string of the molecule is O=C(CCN1CCNCC1)N[C@H]1CC[C@H](n2cc3c(nc2=O)Nc2cc(C4CCNCC4)ccc2O3)CC1. The van der Waals surface area contributed by atoms with Gasteiger partial charge in [0, 0.05) is 51.2 Å². The van der Waals surface area contributed by atoms with Gasteiger partial charge in [-0.05, 0) is 75.2 Å². The van der Waals surface area contributed by atoms with E-state index in [1.807, 2.05) is 6.07 Å². The Balaban J connectivity index is 1.05. The van der Waals surface area contributed by atoms with Crippen molar-refractivity contribution in [3.05, 3.63) is 40.4 Å². The van der Waals surface area contributed by atoms with E-state index in [-0.39, 0.29) is 23.7 Å². The zero-order valence-corrected chi connectivity index (χ0v) is 22.0. The highest BCUT2D eigenvalue weighted by Crippen LogP contribution is 2.42. The fraction of sp³-hybridized carbons (Fsp3) is 0.607. The number of carbonyl (C=O) groups is 1. The summed E-state index contributed by atoms with van der Waals surface area (Å²) in [5.41, 5.74) is 1.90. The molecule has 1 aliphatic carbocycles. The van der Waals surface area contributed by atoms with Crippen LogP contribution in [0.15, 0.2) is 29.2 Å². The molecular formula is C28H39N7O3. The molecule has 0 unspecified atom stereocenters. The molecule has 204 valence electrons. The first kappa shape index (κ1) is 25.3. The molecule has 4 N–H and O–H groups in total. The van der Waals surface area contributed by atoms with E-state index in [0.29, 0.717) is 23.9 Å². The number of nitrogens with one attached hydrogen (secondary N) is 4. The maximum absolute atomic E-state index is 13.0. The van der Waals surface area contributed by atoms with E-state index in [1.165, 1.54) is 5.56 Å². The standard InChI is InChI=1S/C28H39N7O3/c36-26(9-14-34-15-12-30-13-16-34)31-21-2-4-22(5-3-21)35-18-25-27(33-28(35)37)32-23-17-20(1-6-24(23)38-25)19-7-10-29-11-8-19/h1,6,17-19,21-22,29-30H,2-5,7-16H2,(H,31,36)(H,32,33,37)/t21-,22-. The van der Waals surface area contributed by atoms with Crippen LogP contribution in [0.2, 0.25) is 0 Å². The Bertz CT molecular complexity index is 1200. The van der Waals surface area contributed by atoms with Gasteiger partial charge in [0.1, 0.15) is 0 Å². The molecule has 1 saturated carbocycles. The number of fused-ring (bicyclic) bond motifs is 2. The van der Waals surface area contributed by atoms with Gasteiger partial charge in [0.2, 0.25) is 5.91 Å². The molecule has 1 amide bonds. The number of piperidine rings is 1. The molecule has 4 heterocycles. The summed E-state index contributed by atoms with van der Waals surface area (Å²) >= 11 is 0. The molecule has 0 radical (unpaired) electrons. The van der Waals surface area contributed by atoms with Gasteiger partial charge in [-0.25, -0.2) is 4.79 Å². The van der Waals surface area contributed by atoms with Gasteiger partial charge in [-0.1, -0.05) is 6.07 Å². The van der Waals surface area contributed by atoms with Crippen molar-refractivity contribution in [3.8, 4) is 11.5 Å². The maximum atomic E-state index is 13.0. The molecule has 6 rings (SSSR count). The molecule has 0 bridgehead atoms. The Morgan fingerprint density at radius 2 is 1.76 bits per heavy atom. The van der Waals surface area contributed by atoms with Crippen molar-refractivity contribution in [2.24, 2.45) is 0 Å². The normalized spacial score (nSPS) is 24.0. The van der Waals surface area contributed by atoms with Gasteiger partial charge in [-0.15, -0.1) is 0 Å². The Kier molecular flexibility index (Phi) is 7.62. The molecule has 2 saturated heterocycles. The molecule has 3 fully saturated rings. The third-order valence-electron chi connectivity index (χ3n) is 8.53. The number of carbonyl (C=O) groups excluding carboxylic acids is 1. The number of nitrogens with zero attached hydrogens (tertiary/aromatic N) is 3. The fourth-order valence-corrected chi connectivity index (χ4v) is 6.26. The molecule has 4 aliphatic rings. The number of hydrogen-bond acceptors (Lipinski definition) is 8. The van der Waals surface area contributed by atoms with Crippen LogP contribution in [0.5, 0.6) is 11.5 Å². The average Bonchev–Trinajstić information content (AvgIpc) is 2.96. The monoisotopic (exact) mass is 521 g/mol. The Morgan fingerprint density at radius 1 is 1.00 bits per heavy atom. The third-order valence-corrected chi connectivity index (χ3v) is 8.53. The van der Waals surface area contributed by atoms with Crippen LogP contribution in [0.3, 0.4) is 0 Å². The van der Waals surface area contributed by atoms with Crippen molar-refractivity contribution in [1.82, 2.24) is 30.4 Å². The Morgan fingerprint density at radius 3 is 2.55 bits per heavy atom. The second-order valence-corrected chi connectivity index (χ2v) is 11.1. The number of anilines is 2. The first-order valence-electron chi connectivity index (χ1n) is 14.3. The topological polar surface area (TPSA) is 113 Å². The van der Waals surface area contributed by atoms with Crippen LogP contribution in [-0.4, -0.2) is 72.2 Å². The van der Waals surface area contributed by atoms with Crippen LogP contribution >= 0.6 is 0 Å². The molecule has 1 aromatic carbocycles. The van der Waals surface area contributed by atoms with Crippen LogP contribution in [0.4, 0.5) is 11.5 Å². The van der Waals surface area contributed by atoms with Crippen LogP contribution in [0.25, 0.3) is 0 Å². The summed E-state index contributed by atoms with van der Waals surface area (Å²) in [5.74, 6) is 2.48. The molecule has 0 atom stereocenters. The molecular weight excluding hydrogens is 482 g/mol. The van der Waals surface area contributed by atoms with E-state index in [1.54, 1.807) is 10.8 Å². The minimum Gasteiger partial charge on any atom is -0.450 e. The first-order chi connectivity index (χ1) is 18.6. The van der Waals surface area contributed by atoms with Crippen LogP contribution in [0.1, 0.15) is 62.5 Å². The first-order valence-corrected chi connectivity index (χ1v) is 14.3. The lowest BCUT2D eigenvalue weighted by Gasteiger charge is -2.31. The number of piperazine rings is 1. The van der Waals surface area contributed by atoms with Crippen molar-refractivity contribution < 1.29 is 9.53 Å². The summed E-state index contributed by atoms with van der Waals surface area (Å²) in [6.45, 7) is 6.90. The summed E-state index contributed by atoms with van der Waals surface area (Å²) in [4.78, 5) is 32.2. The van der Waals surface area contributed by atoms with E-state index in [9.17, 15) is 9.59 Å². The van der Waals surface area contributed by atoms with Gasteiger partial charge in [-0.2, -0.15) is 4.98 Å². The molecule has 38 heavy (non-hydrogen) atoms. The highest BCUT2D eigenvalue weighted by atomic mass is 16.5. The second-order valence-electron chi connectivity index (χ2n) is 11.1. The van der Waals surface area contributed by atoms with Crippen LogP contribution < -0.4 is 31.7 Å². The number of benzene rings is 1. The minimum absolute atomic E-state index is 0.0570. The van der Waals surface area contributed by atoms with Gasteiger partial charge >= 0.3 is 5.69 Å². The summed E-state index contributed by atoms with van der Waals surface area (Å²) in [6.07, 6.45) is 7.96.